The van der Waals surface area contributed by atoms with E-state index in [0.29, 0.717) is 0 Å². The Kier molecular flexibility index (Phi) is 8.02. The highest BCUT2D eigenvalue weighted by atomic mass is 33.1. The van der Waals surface area contributed by atoms with Crippen LogP contribution < -0.4 is 0 Å². The van der Waals surface area contributed by atoms with Crippen molar-refractivity contribution >= 4 is 43.2 Å². The number of hydrogen-bond donors (Lipinski definition) is 0. The molecule has 0 saturated heterocycles. The molecule has 4 nitrogen and oxygen atoms in total. The van der Waals surface area contributed by atoms with Crippen LogP contribution in [-0.4, -0.2) is 31.4 Å². The summed E-state index contributed by atoms with van der Waals surface area (Å²) in [4.78, 5) is 17.7. The molecule has 0 bridgehead atoms. The lowest BCUT2D eigenvalue weighted by molar-refractivity contribution is 0.906. The lowest BCUT2D eigenvalue weighted by atomic mass is 10.4. The molecule has 0 spiro atoms. The van der Waals surface area contributed by atoms with E-state index < -0.39 is 0 Å². The van der Waals surface area contributed by atoms with E-state index in [-0.39, 0.29) is 0 Å². The monoisotopic (exact) mass is 384 g/mol. The minimum absolute atomic E-state index is 0.859. The summed E-state index contributed by atoms with van der Waals surface area (Å²) in [6.07, 6.45) is 1.14. The minimum Gasteiger partial charge on any atom is -0.227 e. The van der Waals surface area contributed by atoms with Gasteiger partial charge in [-0.05, 0) is 67.8 Å². The van der Waals surface area contributed by atoms with Crippen LogP contribution in [0.5, 0.6) is 0 Å². The topological polar surface area (TPSA) is 51.6 Å². The van der Waals surface area contributed by atoms with Crippen LogP contribution in [0.2, 0.25) is 0 Å². The Labute approximate surface area is 153 Å². The van der Waals surface area contributed by atoms with Crippen molar-refractivity contribution in [2.24, 2.45) is 0 Å². The van der Waals surface area contributed by atoms with Crippen LogP contribution in [0.1, 0.15) is 29.2 Å². The van der Waals surface area contributed by atoms with Gasteiger partial charge in [-0.3, -0.25) is 0 Å². The van der Waals surface area contributed by atoms with Gasteiger partial charge >= 0.3 is 0 Å². The molecule has 0 amide bonds. The molecule has 2 aromatic rings. The molecule has 0 aromatic carbocycles. The van der Waals surface area contributed by atoms with Gasteiger partial charge in [0.2, 0.25) is 0 Å². The Morgan fingerprint density at radius 3 is 1.35 bits per heavy atom. The average molecular weight is 385 g/mol. The predicted molar refractivity (Wildman–Crippen MR) is 104 cm³/mol. The summed E-state index contributed by atoms with van der Waals surface area (Å²) in [6, 6.07) is 4.00. The van der Waals surface area contributed by atoms with Crippen molar-refractivity contribution in [3.63, 3.8) is 0 Å². The summed E-state index contributed by atoms with van der Waals surface area (Å²) < 4.78 is 0. The molecule has 0 fully saturated rings. The van der Waals surface area contributed by atoms with Crippen LogP contribution in [0.4, 0.5) is 0 Å². The molecular weight excluding hydrogens is 364 g/mol. The number of aromatic nitrogens is 4. The highest BCUT2D eigenvalue weighted by molar-refractivity contribution is 8.77. The largest absolute Gasteiger partial charge is 0.227 e. The van der Waals surface area contributed by atoms with Gasteiger partial charge < -0.3 is 0 Å². The van der Waals surface area contributed by atoms with Gasteiger partial charge in [-0.15, -0.1) is 0 Å². The second-order valence-electron chi connectivity index (χ2n) is 5.03. The third-order valence-electron chi connectivity index (χ3n) is 2.65. The van der Waals surface area contributed by atoms with Crippen LogP contribution in [-0.2, 0) is 0 Å². The number of hydrogen-bond acceptors (Lipinski definition) is 8. The van der Waals surface area contributed by atoms with Gasteiger partial charge in [0.1, 0.15) is 0 Å². The predicted octanol–water partition coefficient (Wildman–Crippen LogP) is 5.07. The van der Waals surface area contributed by atoms with Gasteiger partial charge in [0, 0.05) is 34.3 Å². The Morgan fingerprint density at radius 1 is 0.652 bits per heavy atom. The molecule has 0 aliphatic carbocycles. The zero-order valence-corrected chi connectivity index (χ0v) is 17.0. The molecule has 0 N–H and O–H groups in total. The van der Waals surface area contributed by atoms with Gasteiger partial charge in [0.15, 0.2) is 10.3 Å². The Bertz CT molecular complexity index is 555. The lowest BCUT2D eigenvalue weighted by Gasteiger charge is -2.03. The molecule has 2 aromatic heterocycles. The summed E-state index contributed by atoms with van der Waals surface area (Å²) in [5.74, 6) is 2.17. The highest BCUT2D eigenvalue weighted by Crippen LogP contribution is 2.32. The summed E-state index contributed by atoms with van der Waals surface area (Å²) >= 11 is 0. The third-order valence-corrected chi connectivity index (χ3v) is 7.06. The second kappa shape index (κ2) is 9.76. The van der Waals surface area contributed by atoms with Gasteiger partial charge in [-0.2, -0.15) is 0 Å². The standard InChI is InChI=1S/C15H20N4S4/c1-10-8-11(2)17-14(16-10)22-20-6-5-7-21-23-15-18-12(3)9-13(4)19-15/h8-9H,5-7H2,1-4H3. The Morgan fingerprint density at radius 2 is 1.00 bits per heavy atom. The average Bonchev–Trinajstić information content (AvgIpc) is 2.44. The molecule has 0 unspecified atom stereocenters. The van der Waals surface area contributed by atoms with Crippen molar-refractivity contribution < 1.29 is 0 Å². The summed E-state index contributed by atoms with van der Waals surface area (Å²) in [7, 11) is 6.95. The number of nitrogens with zero attached hydrogens (tertiary/aromatic N) is 4. The molecule has 2 rings (SSSR count). The summed E-state index contributed by atoms with van der Waals surface area (Å²) in [5.41, 5.74) is 4.11. The molecular formula is C15H20N4S4. The smallest absolute Gasteiger partial charge is 0.198 e. The summed E-state index contributed by atoms with van der Waals surface area (Å²) in [6.45, 7) is 8.03. The fraction of sp³-hybridized carbons (Fsp3) is 0.467. The van der Waals surface area contributed by atoms with E-state index >= 15 is 0 Å². The Balaban J connectivity index is 1.60. The highest BCUT2D eigenvalue weighted by Gasteiger charge is 2.03. The molecule has 124 valence electrons. The lowest BCUT2D eigenvalue weighted by Crippen LogP contribution is -1.92. The molecule has 0 aliphatic heterocycles. The normalized spacial score (nSPS) is 11.0. The SMILES string of the molecule is Cc1cc(C)nc(SSCCCSSc2nc(C)cc(C)n2)n1. The van der Waals surface area contributed by atoms with Crippen molar-refractivity contribution in [1.82, 2.24) is 19.9 Å². The van der Waals surface area contributed by atoms with Crippen LogP contribution in [0.15, 0.2) is 22.4 Å². The molecule has 0 saturated carbocycles. The van der Waals surface area contributed by atoms with E-state index in [0.717, 1.165) is 51.0 Å². The fourth-order valence-corrected chi connectivity index (χ4v) is 5.92. The molecule has 23 heavy (non-hydrogen) atoms. The fourth-order valence-electron chi connectivity index (χ4n) is 1.83. The zero-order valence-electron chi connectivity index (χ0n) is 13.7. The van der Waals surface area contributed by atoms with Gasteiger partial charge in [0.25, 0.3) is 0 Å². The van der Waals surface area contributed by atoms with Crippen LogP contribution in [0.3, 0.4) is 0 Å². The van der Waals surface area contributed by atoms with E-state index in [1.807, 2.05) is 61.4 Å². The molecule has 2 heterocycles. The van der Waals surface area contributed by atoms with Crippen molar-refractivity contribution in [2.75, 3.05) is 11.5 Å². The minimum atomic E-state index is 0.859. The first kappa shape index (κ1) is 18.9. The van der Waals surface area contributed by atoms with E-state index in [4.69, 9.17) is 0 Å². The third kappa shape index (κ3) is 7.32. The van der Waals surface area contributed by atoms with Gasteiger partial charge in [-0.25, -0.2) is 19.9 Å². The first-order valence-corrected chi connectivity index (χ1v) is 11.9. The number of aryl methyl sites for hydroxylation is 4. The van der Waals surface area contributed by atoms with E-state index in [2.05, 4.69) is 19.9 Å². The molecule has 0 aliphatic rings. The molecule has 8 heteroatoms. The second-order valence-corrected chi connectivity index (χ2v) is 9.80. The van der Waals surface area contributed by atoms with Crippen molar-refractivity contribution in [3.05, 3.63) is 34.9 Å². The quantitative estimate of drug-likeness (QED) is 0.355. The van der Waals surface area contributed by atoms with Crippen LogP contribution in [0.25, 0.3) is 0 Å². The summed E-state index contributed by atoms with van der Waals surface area (Å²) in [5, 5.41) is 1.72. The van der Waals surface area contributed by atoms with E-state index in [9.17, 15) is 0 Å². The Hall–Kier alpha value is -0.440. The maximum absolute atomic E-state index is 4.43. The van der Waals surface area contributed by atoms with E-state index in [1.165, 1.54) is 0 Å². The van der Waals surface area contributed by atoms with Crippen molar-refractivity contribution in [2.45, 2.75) is 44.4 Å². The maximum Gasteiger partial charge on any atom is 0.198 e. The zero-order chi connectivity index (χ0) is 16.7. The molecule has 0 radical (unpaired) electrons. The van der Waals surface area contributed by atoms with Gasteiger partial charge in [0.05, 0.1) is 0 Å². The van der Waals surface area contributed by atoms with Crippen LogP contribution in [0, 0.1) is 27.7 Å². The van der Waals surface area contributed by atoms with Crippen LogP contribution >= 0.6 is 43.2 Å². The number of rotatable bonds is 8. The van der Waals surface area contributed by atoms with Gasteiger partial charge in [-0.1, -0.05) is 21.6 Å². The molecule has 0 atom stereocenters. The van der Waals surface area contributed by atoms with E-state index in [1.54, 1.807) is 21.6 Å². The van der Waals surface area contributed by atoms with Crippen molar-refractivity contribution in [3.8, 4) is 0 Å². The first-order chi connectivity index (χ1) is 11.0. The maximum atomic E-state index is 4.43. The van der Waals surface area contributed by atoms with Crippen molar-refractivity contribution in [1.29, 1.82) is 0 Å². The first-order valence-electron chi connectivity index (χ1n) is 7.26.